The summed E-state index contributed by atoms with van der Waals surface area (Å²) in [5.41, 5.74) is 8.99. The lowest BCUT2D eigenvalue weighted by molar-refractivity contribution is 0.482. The molecule has 0 bridgehead atoms. The maximum Gasteiger partial charge on any atom is 0.129 e. The summed E-state index contributed by atoms with van der Waals surface area (Å²) in [5.74, 6) is 3.25. The molecule has 2 nitrogen and oxygen atoms in total. The number of benzene rings is 8. The first-order valence-corrected chi connectivity index (χ1v) is 19.6. The highest BCUT2D eigenvalue weighted by molar-refractivity contribution is 9.11. The Hall–Kier alpha value is -4.20. The predicted molar refractivity (Wildman–Crippen MR) is 224 cm³/mol. The van der Waals surface area contributed by atoms with Gasteiger partial charge in [-0.25, -0.2) is 0 Å². The molecule has 0 amide bonds. The molecule has 0 aromatic heterocycles. The molecule has 246 valence electrons. The van der Waals surface area contributed by atoms with E-state index < -0.39 is 0 Å². The van der Waals surface area contributed by atoms with Gasteiger partial charge in [-0.1, -0.05) is 149 Å². The molecular formula is C45H26Br4O2. The quantitative estimate of drug-likeness (QED) is 0.165. The molecule has 6 heteroatoms. The summed E-state index contributed by atoms with van der Waals surface area (Å²) < 4.78 is 16.3. The molecular weight excluding hydrogens is 892 g/mol. The monoisotopic (exact) mass is 914 g/mol. The van der Waals surface area contributed by atoms with Crippen molar-refractivity contribution in [3.05, 3.63) is 186 Å². The normalized spacial score (nSPS) is 13.3. The summed E-state index contributed by atoms with van der Waals surface area (Å²) in [6.45, 7) is 0. The van der Waals surface area contributed by atoms with Crippen molar-refractivity contribution in [2.45, 2.75) is 5.92 Å². The van der Waals surface area contributed by atoms with Gasteiger partial charge in [0.2, 0.25) is 0 Å². The lowest BCUT2D eigenvalue weighted by atomic mass is 9.84. The Bertz CT molecular complexity index is 2630. The average molecular weight is 918 g/mol. The number of halogens is 4. The lowest BCUT2D eigenvalue weighted by Crippen LogP contribution is -2.01. The Labute approximate surface area is 329 Å². The van der Waals surface area contributed by atoms with Crippen molar-refractivity contribution in [2.24, 2.45) is 0 Å². The smallest absolute Gasteiger partial charge is 0.129 e. The van der Waals surface area contributed by atoms with Crippen LogP contribution in [0.5, 0.6) is 23.0 Å². The van der Waals surface area contributed by atoms with Gasteiger partial charge in [0.05, 0.1) is 0 Å². The van der Waals surface area contributed by atoms with Gasteiger partial charge in [-0.3, -0.25) is 0 Å². The van der Waals surface area contributed by atoms with E-state index in [1.165, 1.54) is 49.7 Å². The standard InChI is InChI=1S/C45H26Br4O2/c46-32-20-33(47)23-38(22-32)50-36-14-12-26-16-30(10-8-28(26)18-36)40-6-3-7-43-41-4-1-2-5-42(41)44(45(40)43)31-11-9-29-19-37(15-13-27(29)17-31)51-39-24-34(48)21-35(49)25-39/h1-25,44H. The van der Waals surface area contributed by atoms with E-state index in [0.717, 1.165) is 51.7 Å². The van der Waals surface area contributed by atoms with Gasteiger partial charge in [0.1, 0.15) is 23.0 Å². The van der Waals surface area contributed by atoms with Crippen molar-refractivity contribution < 1.29 is 9.47 Å². The molecule has 0 spiro atoms. The average Bonchev–Trinajstić information content (AvgIpc) is 3.45. The highest BCUT2D eigenvalue weighted by Gasteiger charge is 2.32. The van der Waals surface area contributed by atoms with E-state index in [4.69, 9.17) is 9.47 Å². The minimum absolute atomic E-state index is 0.0998. The summed E-state index contributed by atoms with van der Waals surface area (Å²) in [6.07, 6.45) is 0. The van der Waals surface area contributed by atoms with Crippen molar-refractivity contribution in [1.29, 1.82) is 0 Å². The van der Waals surface area contributed by atoms with Crippen LogP contribution in [0.3, 0.4) is 0 Å². The lowest BCUT2D eigenvalue weighted by Gasteiger charge is -2.19. The number of rotatable bonds is 6. The van der Waals surface area contributed by atoms with Crippen LogP contribution in [0.25, 0.3) is 43.8 Å². The van der Waals surface area contributed by atoms with E-state index in [9.17, 15) is 0 Å². The van der Waals surface area contributed by atoms with Crippen LogP contribution in [0.2, 0.25) is 0 Å². The highest BCUT2D eigenvalue weighted by atomic mass is 79.9. The van der Waals surface area contributed by atoms with E-state index >= 15 is 0 Å². The van der Waals surface area contributed by atoms with Crippen LogP contribution < -0.4 is 9.47 Å². The molecule has 1 aliphatic carbocycles. The zero-order chi connectivity index (χ0) is 34.6. The van der Waals surface area contributed by atoms with Crippen LogP contribution in [0.1, 0.15) is 22.6 Å². The van der Waals surface area contributed by atoms with Gasteiger partial charge in [-0.2, -0.15) is 0 Å². The van der Waals surface area contributed by atoms with Gasteiger partial charge in [0.25, 0.3) is 0 Å². The van der Waals surface area contributed by atoms with Crippen LogP contribution in [-0.4, -0.2) is 0 Å². The van der Waals surface area contributed by atoms with Crippen molar-refractivity contribution in [3.63, 3.8) is 0 Å². The molecule has 0 N–H and O–H groups in total. The topological polar surface area (TPSA) is 18.5 Å². The SMILES string of the molecule is Brc1cc(Br)cc(Oc2ccc3cc(-c4cccc5c4C(c4ccc6cc(Oc7cc(Br)cc(Br)c7)ccc6c4)c4ccccc4-5)ccc3c2)c1. The van der Waals surface area contributed by atoms with Crippen molar-refractivity contribution in [1.82, 2.24) is 0 Å². The fourth-order valence-electron chi connectivity index (χ4n) is 7.25. The summed E-state index contributed by atoms with van der Waals surface area (Å²) in [7, 11) is 0. The second-order valence-corrected chi connectivity index (χ2v) is 16.4. The largest absolute Gasteiger partial charge is 0.457 e. The fraction of sp³-hybridized carbons (Fsp3) is 0.0222. The molecule has 8 aromatic rings. The van der Waals surface area contributed by atoms with Crippen molar-refractivity contribution in [2.75, 3.05) is 0 Å². The molecule has 1 unspecified atom stereocenters. The van der Waals surface area contributed by atoms with Gasteiger partial charge in [0.15, 0.2) is 0 Å². The Kier molecular flexibility index (Phi) is 8.59. The summed E-state index contributed by atoms with van der Waals surface area (Å²) in [5, 5.41) is 4.61. The zero-order valence-electron chi connectivity index (χ0n) is 26.8. The first-order chi connectivity index (χ1) is 24.8. The summed E-state index contributed by atoms with van der Waals surface area (Å²) in [6, 6.07) is 53.6. The van der Waals surface area contributed by atoms with E-state index in [1.54, 1.807) is 0 Å². The Morgan fingerprint density at radius 3 is 1.53 bits per heavy atom. The first kappa shape index (κ1) is 32.7. The third-order valence-corrected chi connectivity index (χ3v) is 11.2. The molecule has 1 atom stereocenters. The molecule has 0 radical (unpaired) electrons. The van der Waals surface area contributed by atoms with Gasteiger partial charge in [-0.15, -0.1) is 0 Å². The van der Waals surface area contributed by atoms with Crippen molar-refractivity contribution in [3.8, 4) is 45.3 Å². The molecule has 0 saturated heterocycles. The van der Waals surface area contributed by atoms with E-state index in [0.29, 0.717) is 0 Å². The molecule has 51 heavy (non-hydrogen) atoms. The van der Waals surface area contributed by atoms with Gasteiger partial charge in [-0.05, 0) is 127 Å². The van der Waals surface area contributed by atoms with Crippen LogP contribution >= 0.6 is 63.7 Å². The molecule has 1 aliphatic rings. The summed E-state index contributed by atoms with van der Waals surface area (Å²) in [4.78, 5) is 0. The zero-order valence-corrected chi connectivity index (χ0v) is 33.2. The second kappa shape index (κ2) is 13.4. The first-order valence-electron chi connectivity index (χ1n) is 16.4. The van der Waals surface area contributed by atoms with Crippen LogP contribution in [-0.2, 0) is 0 Å². The molecule has 0 heterocycles. The fourth-order valence-corrected chi connectivity index (χ4v) is 9.75. The molecule has 8 aromatic carbocycles. The molecule has 0 fully saturated rings. The third-order valence-electron chi connectivity index (χ3n) is 9.39. The highest BCUT2D eigenvalue weighted by Crippen LogP contribution is 2.52. The minimum atomic E-state index is 0.0998. The maximum atomic E-state index is 6.24. The van der Waals surface area contributed by atoms with E-state index in [-0.39, 0.29) is 5.92 Å². The molecule has 0 aliphatic heterocycles. The summed E-state index contributed by atoms with van der Waals surface area (Å²) >= 11 is 14.2. The number of ether oxygens (including phenoxy) is 2. The minimum Gasteiger partial charge on any atom is -0.457 e. The molecule has 0 saturated carbocycles. The maximum absolute atomic E-state index is 6.24. The van der Waals surface area contributed by atoms with Gasteiger partial charge >= 0.3 is 0 Å². The van der Waals surface area contributed by atoms with Crippen LogP contribution in [0, 0.1) is 0 Å². The van der Waals surface area contributed by atoms with Gasteiger partial charge in [0, 0.05) is 23.8 Å². The second-order valence-electron chi connectivity index (χ2n) is 12.7. The number of hydrogen-bond donors (Lipinski definition) is 0. The number of hydrogen-bond acceptors (Lipinski definition) is 2. The Balaban J connectivity index is 1.08. The van der Waals surface area contributed by atoms with Crippen molar-refractivity contribution >= 4 is 85.3 Å². The third kappa shape index (κ3) is 6.44. The van der Waals surface area contributed by atoms with Gasteiger partial charge < -0.3 is 9.47 Å². The van der Waals surface area contributed by atoms with E-state index in [1.807, 2.05) is 48.5 Å². The van der Waals surface area contributed by atoms with E-state index in [2.05, 4.69) is 167 Å². The molecule has 9 rings (SSSR count). The number of fused-ring (bicyclic) bond motifs is 5. The predicted octanol–water partition coefficient (Wildman–Crippen LogP) is 15.5. The Morgan fingerprint density at radius 1 is 0.373 bits per heavy atom. The van der Waals surface area contributed by atoms with Crippen LogP contribution in [0.4, 0.5) is 0 Å². The Morgan fingerprint density at radius 2 is 0.882 bits per heavy atom. The van der Waals surface area contributed by atoms with Crippen LogP contribution in [0.15, 0.2) is 170 Å².